The zero-order valence-corrected chi connectivity index (χ0v) is 17.6. The first-order chi connectivity index (χ1) is 13.0. The normalized spacial score (nSPS) is 14.1. The number of anilines is 1. The zero-order valence-electron chi connectivity index (χ0n) is 16.1. The summed E-state index contributed by atoms with van der Waals surface area (Å²) in [4.78, 5) is 14.5. The highest BCUT2D eigenvalue weighted by molar-refractivity contribution is 9.10. The van der Waals surface area contributed by atoms with Crippen LogP contribution in [0.3, 0.4) is 0 Å². The Morgan fingerprint density at radius 2 is 1.70 bits per heavy atom. The Morgan fingerprint density at radius 1 is 1.07 bits per heavy atom. The van der Waals surface area contributed by atoms with E-state index in [1.807, 2.05) is 26.0 Å². The fourth-order valence-corrected chi connectivity index (χ4v) is 3.60. The minimum absolute atomic E-state index is 0.0202. The lowest BCUT2D eigenvalue weighted by Gasteiger charge is -2.28. The third-order valence-electron chi connectivity index (χ3n) is 4.93. The van der Waals surface area contributed by atoms with Gasteiger partial charge in [-0.25, -0.2) is 0 Å². The van der Waals surface area contributed by atoms with Crippen molar-refractivity contribution in [2.75, 3.05) is 24.6 Å². The molecular weight excluding hydrogens is 404 g/mol. The SMILES string of the molecule is Cc1cc(OCC(=O)NCc2ccc(N3CCCCC3)cc2)cc(C)c1Br. The summed E-state index contributed by atoms with van der Waals surface area (Å²) in [5, 5.41) is 2.92. The van der Waals surface area contributed by atoms with Crippen LogP contribution in [0, 0.1) is 13.8 Å². The fraction of sp³-hybridized carbons (Fsp3) is 0.409. The van der Waals surface area contributed by atoms with Crippen LogP contribution in [0.4, 0.5) is 5.69 Å². The van der Waals surface area contributed by atoms with Crippen LogP contribution in [0.2, 0.25) is 0 Å². The molecule has 1 heterocycles. The highest BCUT2D eigenvalue weighted by Gasteiger charge is 2.11. The molecule has 0 radical (unpaired) electrons. The number of aryl methyl sites for hydroxylation is 2. The second-order valence-corrected chi connectivity index (χ2v) is 7.94. The van der Waals surface area contributed by atoms with Crippen LogP contribution >= 0.6 is 15.9 Å². The number of hydrogen-bond donors (Lipinski definition) is 1. The molecule has 0 saturated carbocycles. The number of carbonyl (C=O) groups is 1. The molecule has 1 aliphatic heterocycles. The van der Waals surface area contributed by atoms with E-state index in [0.29, 0.717) is 12.3 Å². The number of benzene rings is 2. The Kier molecular flexibility index (Phi) is 6.78. The highest BCUT2D eigenvalue weighted by Crippen LogP contribution is 2.26. The third kappa shape index (κ3) is 5.48. The van der Waals surface area contributed by atoms with Gasteiger partial charge in [0.05, 0.1) is 0 Å². The molecule has 0 atom stereocenters. The molecule has 144 valence electrons. The number of piperidine rings is 1. The van der Waals surface area contributed by atoms with E-state index in [0.717, 1.165) is 34.3 Å². The van der Waals surface area contributed by atoms with E-state index in [1.54, 1.807) is 0 Å². The van der Waals surface area contributed by atoms with Crippen molar-refractivity contribution in [1.29, 1.82) is 0 Å². The van der Waals surface area contributed by atoms with E-state index >= 15 is 0 Å². The summed E-state index contributed by atoms with van der Waals surface area (Å²) >= 11 is 3.54. The number of ether oxygens (including phenoxy) is 1. The average Bonchev–Trinajstić information content (AvgIpc) is 2.70. The van der Waals surface area contributed by atoms with Crippen molar-refractivity contribution in [1.82, 2.24) is 5.32 Å². The second-order valence-electron chi connectivity index (χ2n) is 7.15. The van der Waals surface area contributed by atoms with Gasteiger partial charge in [0.1, 0.15) is 5.75 Å². The number of amides is 1. The molecule has 0 bridgehead atoms. The zero-order chi connectivity index (χ0) is 19.2. The molecule has 1 amide bonds. The molecule has 1 saturated heterocycles. The van der Waals surface area contributed by atoms with Crippen molar-refractivity contribution in [3.8, 4) is 5.75 Å². The van der Waals surface area contributed by atoms with E-state index in [1.165, 1.54) is 24.9 Å². The molecule has 0 unspecified atom stereocenters. The summed E-state index contributed by atoms with van der Waals surface area (Å²) in [5.74, 6) is 0.600. The van der Waals surface area contributed by atoms with Crippen molar-refractivity contribution < 1.29 is 9.53 Å². The van der Waals surface area contributed by atoms with Crippen molar-refractivity contribution in [2.24, 2.45) is 0 Å². The quantitative estimate of drug-likeness (QED) is 0.718. The van der Waals surface area contributed by atoms with Crippen molar-refractivity contribution in [3.05, 3.63) is 57.6 Å². The van der Waals surface area contributed by atoms with Crippen LogP contribution in [0.25, 0.3) is 0 Å². The minimum Gasteiger partial charge on any atom is -0.484 e. The number of carbonyl (C=O) groups excluding carboxylic acids is 1. The Labute approximate surface area is 170 Å². The summed E-state index contributed by atoms with van der Waals surface area (Å²) in [7, 11) is 0. The first-order valence-corrected chi connectivity index (χ1v) is 10.3. The topological polar surface area (TPSA) is 41.6 Å². The molecule has 0 aromatic heterocycles. The molecule has 1 N–H and O–H groups in total. The monoisotopic (exact) mass is 430 g/mol. The number of halogens is 1. The summed E-state index contributed by atoms with van der Waals surface area (Å²) in [6.07, 6.45) is 3.88. The summed E-state index contributed by atoms with van der Waals surface area (Å²) in [6.45, 7) is 6.84. The predicted octanol–water partition coefficient (Wildman–Crippen LogP) is 4.75. The molecule has 5 heteroatoms. The molecule has 1 aliphatic rings. The molecule has 3 rings (SSSR count). The average molecular weight is 431 g/mol. The lowest BCUT2D eigenvalue weighted by Crippen LogP contribution is -2.29. The Hall–Kier alpha value is -2.01. The van der Waals surface area contributed by atoms with E-state index in [2.05, 4.69) is 50.4 Å². The van der Waals surface area contributed by atoms with Crippen LogP contribution in [0.5, 0.6) is 5.75 Å². The maximum atomic E-state index is 12.1. The molecule has 2 aromatic rings. The maximum absolute atomic E-state index is 12.1. The molecule has 1 fully saturated rings. The van der Waals surface area contributed by atoms with Gasteiger partial charge in [-0.1, -0.05) is 28.1 Å². The van der Waals surface area contributed by atoms with E-state index in [-0.39, 0.29) is 12.5 Å². The van der Waals surface area contributed by atoms with Gasteiger partial charge in [-0.15, -0.1) is 0 Å². The van der Waals surface area contributed by atoms with Gasteiger partial charge in [-0.3, -0.25) is 4.79 Å². The summed E-state index contributed by atoms with van der Waals surface area (Å²) in [5.41, 5.74) is 4.56. The van der Waals surface area contributed by atoms with Gasteiger partial charge >= 0.3 is 0 Å². The Morgan fingerprint density at radius 3 is 2.33 bits per heavy atom. The number of rotatable bonds is 6. The van der Waals surface area contributed by atoms with Gasteiger partial charge in [-0.05, 0) is 74.1 Å². The molecule has 2 aromatic carbocycles. The second kappa shape index (κ2) is 9.27. The molecular formula is C22H27BrN2O2. The minimum atomic E-state index is -0.117. The van der Waals surface area contributed by atoms with Gasteiger partial charge in [0.2, 0.25) is 0 Å². The lowest BCUT2D eigenvalue weighted by atomic mass is 10.1. The number of hydrogen-bond acceptors (Lipinski definition) is 3. The van der Waals surface area contributed by atoms with E-state index in [4.69, 9.17) is 4.74 Å². The van der Waals surface area contributed by atoms with Crippen molar-refractivity contribution in [3.63, 3.8) is 0 Å². The van der Waals surface area contributed by atoms with Crippen LogP contribution in [0.1, 0.15) is 36.0 Å². The molecule has 0 aliphatic carbocycles. The van der Waals surface area contributed by atoms with E-state index in [9.17, 15) is 4.79 Å². The summed E-state index contributed by atoms with van der Waals surface area (Å²) in [6, 6.07) is 12.3. The van der Waals surface area contributed by atoms with Gasteiger partial charge < -0.3 is 15.0 Å². The van der Waals surface area contributed by atoms with Gasteiger partial charge in [0.15, 0.2) is 6.61 Å². The third-order valence-corrected chi connectivity index (χ3v) is 6.18. The molecule has 0 spiro atoms. The lowest BCUT2D eigenvalue weighted by molar-refractivity contribution is -0.123. The van der Waals surface area contributed by atoms with Crippen molar-refractivity contribution >= 4 is 27.5 Å². The largest absolute Gasteiger partial charge is 0.484 e. The standard InChI is InChI=1S/C22H27BrN2O2/c1-16-12-20(13-17(2)22(16)23)27-15-21(26)24-14-18-6-8-19(9-7-18)25-10-4-3-5-11-25/h6-9,12-13H,3-5,10-11,14-15H2,1-2H3,(H,24,26). The van der Waals surface area contributed by atoms with Crippen LogP contribution in [-0.4, -0.2) is 25.6 Å². The van der Waals surface area contributed by atoms with Crippen molar-refractivity contribution in [2.45, 2.75) is 39.7 Å². The van der Waals surface area contributed by atoms with Crippen LogP contribution < -0.4 is 15.0 Å². The van der Waals surface area contributed by atoms with Gasteiger partial charge in [-0.2, -0.15) is 0 Å². The Balaban J connectivity index is 1.46. The van der Waals surface area contributed by atoms with Gasteiger partial charge in [0, 0.05) is 29.8 Å². The predicted molar refractivity (Wildman–Crippen MR) is 113 cm³/mol. The van der Waals surface area contributed by atoms with Gasteiger partial charge in [0.25, 0.3) is 5.91 Å². The maximum Gasteiger partial charge on any atom is 0.258 e. The fourth-order valence-electron chi connectivity index (χ4n) is 3.37. The smallest absolute Gasteiger partial charge is 0.258 e. The van der Waals surface area contributed by atoms with Crippen LogP contribution in [0.15, 0.2) is 40.9 Å². The first kappa shape index (κ1) is 19.7. The number of nitrogens with zero attached hydrogens (tertiary/aromatic N) is 1. The highest BCUT2D eigenvalue weighted by atomic mass is 79.9. The molecule has 27 heavy (non-hydrogen) atoms. The molecule has 4 nitrogen and oxygen atoms in total. The Bertz CT molecular complexity index is 760. The van der Waals surface area contributed by atoms with Crippen LogP contribution in [-0.2, 0) is 11.3 Å². The number of nitrogens with one attached hydrogen (secondary N) is 1. The summed E-state index contributed by atoms with van der Waals surface area (Å²) < 4.78 is 6.71. The van der Waals surface area contributed by atoms with E-state index < -0.39 is 0 Å². The first-order valence-electron chi connectivity index (χ1n) is 9.53.